The molecular weight excluding hydrogens is 260 g/mol. The SMILES string of the molecule is CC(C(=O)O)=C(C)C(=O)NC(=O)Nc1nncs1. The van der Waals surface area contributed by atoms with Gasteiger partial charge in [-0.2, -0.15) is 0 Å². The molecule has 3 amide bonds. The summed E-state index contributed by atoms with van der Waals surface area (Å²) >= 11 is 1.09. The van der Waals surface area contributed by atoms with Crippen LogP contribution in [-0.2, 0) is 9.59 Å². The van der Waals surface area contributed by atoms with Gasteiger partial charge in [-0.05, 0) is 13.8 Å². The Labute approximate surface area is 106 Å². The average molecular weight is 270 g/mol. The number of aromatic nitrogens is 2. The second-order valence-corrected chi connectivity index (χ2v) is 4.04. The number of anilines is 1. The number of carboxylic acid groups (broad SMARTS) is 1. The number of imide groups is 1. The molecule has 0 bridgehead atoms. The zero-order valence-electron chi connectivity index (χ0n) is 9.55. The van der Waals surface area contributed by atoms with Crippen LogP contribution in [0.5, 0.6) is 0 Å². The topological polar surface area (TPSA) is 121 Å². The summed E-state index contributed by atoms with van der Waals surface area (Å²) in [5, 5.41) is 20.2. The molecule has 0 spiro atoms. The van der Waals surface area contributed by atoms with E-state index in [4.69, 9.17) is 5.11 Å². The number of nitrogens with one attached hydrogen (secondary N) is 2. The standard InChI is InChI=1S/C9H10N4O4S/c1-4(5(2)7(15)16)6(14)11-8(17)12-9-13-10-3-18-9/h3H,1-2H3,(H,15,16)(H2,11,12,13,14,17). The summed E-state index contributed by atoms with van der Waals surface area (Å²) in [6.07, 6.45) is 0. The van der Waals surface area contributed by atoms with Gasteiger partial charge in [0.15, 0.2) is 0 Å². The molecule has 0 aliphatic carbocycles. The van der Waals surface area contributed by atoms with Gasteiger partial charge in [0.25, 0.3) is 5.91 Å². The highest BCUT2D eigenvalue weighted by atomic mass is 32.1. The number of aliphatic carboxylic acids is 1. The number of nitrogens with zero attached hydrogens (tertiary/aromatic N) is 2. The maximum absolute atomic E-state index is 11.5. The first-order valence-corrected chi connectivity index (χ1v) is 5.59. The van der Waals surface area contributed by atoms with Gasteiger partial charge in [-0.15, -0.1) is 10.2 Å². The lowest BCUT2D eigenvalue weighted by molar-refractivity contribution is -0.133. The van der Waals surface area contributed by atoms with Crippen molar-refractivity contribution in [3.8, 4) is 0 Å². The van der Waals surface area contributed by atoms with Crippen LogP contribution in [0.25, 0.3) is 0 Å². The molecule has 0 saturated heterocycles. The Morgan fingerprint density at radius 3 is 2.44 bits per heavy atom. The summed E-state index contributed by atoms with van der Waals surface area (Å²) in [6.45, 7) is 2.59. The van der Waals surface area contributed by atoms with Gasteiger partial charge in [0.05, 0.1) is 0 Å². The molecule has 1 heterocycles. The molecule has 0 aliphatic rings. The molecule has 0 aromatic carbocycles. The highest BCUT2D eigenvalue weighted by molar-refractivity contribution is 7.13. The molecule has 0 atom stereocenters. The zero-order chi connectivity index (χ0) is 13.7. The lowest BCUT2D eigenvalue weighted by Crippen LogP contribution is -2.35. The van der Waals surface area contributed by atoms with Gasteiger partial charge in [-0.3, -0.25) is 15.4 Å². The molecule has 1 aromatic heterocycles. The van der Waals surface area contributed by atoms with Gasteiger partial charge in [-0.25, -0.2) is 9.59 Å². The summed E-state index contributed by atoms with van der Waals surface area (Å²) < 4.78 is 0. The van der Waals surface area contributed by atoms with E-state index in [2.05, 4.69) is 15.5 Å². The summed E-state index contributed by atoms with van der Waals surface area (Å²) in [7, 11) is 0. The smallest absolute Gasteiger partial charge is 0.331 e. The van der Waals surface area contributed by atoms with Crippen LogP contribution in [0.1, 0.15) is 13.8 Å². The van der Waals surface area contributed by atoms with E-state index in [1.165, 1.54) is 19.4 Å². The lowest BCUT2D eigenvalue weighted by Gasteiger charge is -2.05. The molecule has 8 nitrogen and oxygen atoms in total. The van der Waals surface area contributed by atoms with E-state index < -0.39 is 17.9 Å². The monoisotopic (exact) mass is 270 g/mol. The second-order valence-electron chi connectivity index (χ2n) is 3.21. The van der Waals surface area contributed by atoms with Crippen molar-refractivity contribution in [2.24, 2.45) is 0 Å². The van der Waals surface area contributed by atoms with E-state index in [0.29, 0.717) is 0 Å². The third-order valence-electron chi connectivity index (χ3n) is 2.03. The number of amides is 3. The Balaban J connectivity index is 2.63. The quantitative estimate of drug-likeness (QED) is 0.692. The molecule has 0 unspecified atom stereocenters. The number of hydrogen-bond acceptors (Lipinski definition) is 6. The summed E-state index contributed by atoms with van der Waals surface area (Å²) in [5.74, 6) is -2.00. The lowest BCUT2D eigenvalue weighted by atomic mass is 10.1. The maximum Gasteiger partial charge on any atom is 0.331 e. The number of carbonyl (C=O) groups is 3. The highest BCUT2D eigenvalue weighted by Gasteiger charge is 2.15. The number of rotatable bonds is 3. The molecule has 96 valence electrons. The van der Waals surface area contributed by atoms with Crippen LogP contribution in [-0.4, -0.2) is 33.2 Å². The number of hydrogen-bond donors (Lipinski definition) is 3. The third-order valence-corrected chi connectivity index (χ3v) is 2.64. The van der Waals surface area contributed by atoms with E-state index in [9.17, 15) is 14.4 Å². The Bertz CT molecular complexity index is 509. The number of carboxylic acids is 1. The normalized spacial score (nSPS) is 11.4. The van der Waals surface area contributed by atoms with Crippen molar-refractivity contribution >= 4 is 34.4 Å². The van der Waals surface area contributed by atoms with Gasteiger partial charge in [0.2, 0.25) is 5.13 Å². The van der Waals surface area contributed by atoms with Gasteiger partial charge in [-0.1, -0.05) is 11.3 Å². The van der Waals surface area contributed by atoms with E-state index in [1.54, 1.807) is 0 Å². The Morgan fingerprint density at radius 1 is 1.28 bits per heavy atom. The van der Waals surface area contributed by atoms with Gasteiger partial charge >= 0.3 is 12.0 Å². The molecular formula is C9H10N4O4S. The van der Waals surface area contributed by atoms with Crippen molar-refractivity contribution in [1.29, 1.82) is 0 Å². The van der Waals surface area contributed by atoms with Gasteiger partial charge < -0.3 is 5.11 Å². The average Bonchev–Trinajstić information content (AvgIpc) is 2.79. The minimum atomic E-state index is -1.22. The summed E-state index contributed by atoms with van der Waals surface area (Å²) in [5.41, 5.74) is 1.24. The fourth-order valence-electron chi connectivity index (χ4n) is 0.883. The molecule has 18 heavy (non-hydrogen) atoms. The molecule has 0 aliphatic heterocycles. The molecule has 3 N–H and O–H groups in total. The van der Waals surface area contributed by atoms with E-state index >= 15 is 0 Å². The summed E-state index contributed by atoms with van der Waals surface area (Å²) in [6, 6.07) is -0.797. The van der Waals surface area contributed by atoms with Crippen molar-refractivity contribution in [3.63, 3.8) is 0 Å². The largest absolute Gasteiger partial charge is 0.478 e. The molecule has 1 rings (SSSR count). The highest BCUT2D eigenvalue weighted by Crippen LogP contribution is 2.08. The predicted molar refractivity (Wildman–Crippen MR) is 63.1 cm³/mol. The van der Waals surface area contributed by atoms with E-state index in [0.717, 1.165) is 11.3 Å². The zero-order valence-corrected chi connectivity index (χ0v) is 10.4. The Hall–Kier alpha value is -2.29. The van der Waals surface area contributed by atoms with Crippen LogP contribution in [0.2, 0.25) is 0 Å². The van der Waals surface area contributed by atoms with Crippen molar-refractivity contribution in [2.45, 2.75) is 13.8 Å². The van der Waals surface area contributed by atoms with E-state index in [-0.39, 0.29) is 16.3 Å². The fourth-order valence-corrected chi connectivity index (χ4v) is 1.32. The van der Waals surface area contributed by atoms with Crippen molar-refractivity contribution in [3.05, 3.63) is 16.7 Å². The number of urea groups is 1. The number of carbonyl (C=O) groups excluding carboxylic acids is 2. The second kappa shape index (κ2) is 5.87. The third kappa shape index (κ3) is 3.63. The molecule has 0 fully saturated rings. The van der Waals surface area contributed by atoms with Crippen LogP contribution >= 0.6 is 11.3 Å². The first-order valence-electron chi connectivity index (χ1n) is 4.71. The minimum Gasteiger partial charge on any atom is -0.478 e. The Morgan fingerprint density at radius 2 is 1.94 bits per heavy atom. The van der Waals surface area contributed by atoms with Gasteiger partial charge in [0.1, 0.15) is 5.51 Å². The van der Waals surface area contributed by atoms with Crippen LogP contribution in [0.3, 0.4) is 0 Å². The Kier molecular flexibility index (Phi) is 4.49. The first-order chi connectivity index (χ1) is 8.41. The van der Waals surface area contributed by atoms with Crippen molar-refractivity contribution in [1.82, 2.24) is 15.5 Å². The van der Waals surface area contributed by atoms with Crippen molar-refractivity contribution in [2.75, 3.05) is 5.32 Å². The molecule has 0 saturated carbocycles. The van der Waals surface area contributed by atoms with Crippen LogP contribution < -0.4 is 10.6 Å². The fraction of sp³-hybridized carbons (Fsp3) is 0.222. The van der Waals surface area contributed by atoms with Gasteiger partial charge in [0, 0.05) is 11.1 Å². The molecule has 0 radical (unpaired) electrons. The van der Waals surface area contributed by atoms with Crippen LogP contribution in [0, 0.1) is 0 Å². The summed E-state index contributed by atoms with van der Waals surface area (Å²) in [4.78, 5) is 33.5. The van der Waals surface area contributed by atoms with Crippen LogP contribution in [0.15, 0.2) is 16.7 Å². The van der Waals surface area contributed by atoms with Crippen molar-refractivity contribution < 1.29 is 19.5 Å². The minimum absolute atomic E-state index is 0.0464. The molecule has 9 heteroatoms. The van der Waals surface area contributed by atoms with Crippen LogP contribution in [0.4, 0.5) is 9.93 Å². The first kappa shape index (κ1) is 13.8. The van der Waals surface area contributed by atoms with E-state index in [1.807, 2.05) is 5.32 Å². The maximum atomic E-state index is 11.5. The molecule has 1 aromatic rings. The predicted octanol–water partition coefficient (Wildman–Crippen LogP) is 0.607.